The summed E-state index contributed by atoms with van der Waals surface area (Å²) in [6, 6.07) is 8.46. The predicted octanol–water partition coefficient (Wildman–Crippen LogP) is 2.93. The molecule has 2 heterocycles. The molecular formula is C16H19N3OS. The van der Waals surface area contributed by atoms with Gasteiger partial charge in [-0.3, -0.25) is 4.79 Å². The molecular weight excluding hydrogens is 282 g/mol. The van der Waals surface area contributed by atoms with Crippen LogP contribution >= 0.6 is 11.3 Å². The number of fused-ring (bicyclic) bond motifs is 1. The number of hydrogen-bond acceptors (Lipinski definition) is 4. The van der Waals surface area contributed by atoms with Gasteiger partial charge in [-0.1, -0.05) is 18.2 Å². The van der Waals surface area contributed by atoms with Crippen LogP contribution < -0.4 is 4.90 Å². The first-order valence-corrected chi connectivity index (χ1v) is 7.96. The highest BCUT2D eigenvalue weighted by atomic mass is 32.1. The molecule has 0 bridgehead atoms. The smallest absolute Gasteiger partial charge is 0.266 e. The Bertz CT molecular complexity index is 667. The fourth-order valence-electron chi connectivity index (χ4n) is 2.86. The summed E-state index contributed by atoms with van der Waals surface area (Å²) in [5, 5.41) is 0. The molecule has 1 aromatic heterocycles. The van der Waals surface area contributed by atoms with Gasteiger partial charge in [-0.25, -0.2) is 4.98 Å². The van der Waals surface area contributed by atoms with Crippen LogP contribution in [0.15, 0.2) is 29.8 Å². The van der Waals surface area contributed by atoms with Gasteiger partial charge in [-0.2, -0.15) is 0 Å². The zero-order valence-electron chi connectivity index (χ0n) is 12.5. The first-order valence-electron chi connectivity index (χ1n) is 7.08. The van der Waals surface area contributed by atoms with E-state index in [9.17, 15) is 4.79 Å². The monoisotopic (exact) mass is 301 g/mol. The lowest BCUT2D eigenvalue weighted by Crippen LogP contribution is -2.41. The molecule has 21 heavy (non-hydrogen) atoms. The summed E-state index contributed by atoms with van der Waals surface area (Å²) in [6.45, 7) is 5.49. The van der Waals surface area contributed by atoms with E-state index < -0.39 is 0 Å². The van der Waals surface area contributed by atoms with E-state index >= 15 is 0 Å². The van der Waals surface area contributed by atoms with Gasteiger partial charge in [-0.15, -0.1) is 11.3 Å². The number of likely N-dealkylation sites (N-methyl/N-ethyl adjacent to an activating group) is 1. The Labute approximate surface area is 129 Å². The van der Waals surface area contributed by atoms with Gasteiger partial charge in [0.2, 0.25) is 0 Å². The number of carbonyl (C=O) groups is 1. The fourth-order valence-corrected chi connectivity index (χ4v) is 3.62. The highest BCUT2D eigenvalue weighted by Gasteiger charge is 2.29. The molecule has 0 fully saturated rings. The van der Waals surface area contributed by atoms with E-state index in [0.717, 1.165) is 17.1 Å². The minimum Gasteiger partial charge on any atom is -0.372 e. The van der Waals surface area contributed by atoms with Crippen molar-refractivity contribution in [1.29, 1.82) is 0 Å². The molecule has 0 saturated heterocycles. The van der Waals surface area contributed by atoms with Crippen LogP contribution in [0.5, 0.6) is 0 Å². The van der Waals surface area contributed by atoms with E-state index in [0.29, 0.717) is 6.54 Å². The number of amides is 1. The largest absolute Gasteiger partial charge is 0.372 e. The zero-order chi connectivity index (χ0) is 15.0. The molecule has 0 unspecified atom stereocenters. The third-order valence-electron chi connectivity index (χ3n) is 4.01. The van der Waals surface area contributed by atoms with Gasteiger partial charge in [0.15, 0.2) is 0 Å². The number of hydrogen-bond donors (Lipinski definition) is 0. The van der Waals surface area contributed by atoms with Crippen LogP contribution in [0.1, 0.15) is 27.9 Å². The molecule has 0 N–H and O–H groups in total. The molecule has 0 spiro atoms. The van der Waals surface area contributed by atoms with Crippen molar-refractivity contribution >= 4 is 22.9 Å². The summed E-state index contributed by atoms with van der Waals surface area (Å²) >= 11 is 1.43. The van der Waals surface area contributed by atoms with Crippen molar-refractivity contribution in [2.45, 2.75) is 26.4 Å². The van der Waals surface area contributed by atoms with E-state index in [1.807, 2.05) is 24.0 Å². The summed E-state index contributed by atoms with van der Waals surface area (Å²) < 4.78 is 0. The van der Waals surface area contributed by atoms with E-state index in [4.69, 9.17) is 0 Å². The summed E-state index contributed by atoms with van der Waals surface area (Å²) in [5.41, 5.74) is 4.97. The summed E-state index contributed by atoms with van der Waals surface area (Å²) in [6.07, 6.45) is 0. The van der Waals surface area contributed by atoms with Crippen LogP contribution in [0, 0.1) is 6.92 Å². The standard InChI is InChI=1S/C16H19N3OS/c1-11-8-18(3)14-7-5-4-6-13(14)9-19(11)16(20)15-12(2)17-10-21-15/h4-7,10-11H,8-9H2,1-3H3/t11-/m1/s1. The normalized spacial score (nSPS) is 18.3. The topological polar surface area (TPSA) is 36.4 Å². The number of para-hydroxylation sites is 1. The van der Waals surface area contributed by atoms with Gasteiger partial charge in [0, 0.05) is 31.9 Å². The van der Waals surface area contributed by atoms with Crippen molar-refractivity contribution in [3.8, 4) is 0 Å². The predicted molar refractivity (Wildman–Crippen MR) is 85.9 cm³/mol. The second kappa shape index (κ2) is 5.48. The van der Waals surface area contributed by atoms with E-state index in [-0.39, 0.29) is 11.9 Å². The van der Waals surface area contributed by atoms with Gasteiger partial charge in [0.25, 0.3) is 5.91 Å². The van der Waals surface area contributed by atoms with Gasteiger partial charge >= 0.3 is 0 Å². The average molecular weight is 301 g/mol. The first kappa shape index (κ1) is 14.1. The molecule has 1 atom stereocenters. The molecule has 1 amide bonds. The quantitative estimate of drug-likeness (QED) is 0.812. The van der Waals surface area contributed by atoms with E-state index in [1.54, 1.807) is 5.51 Å². The second-order valence-corrected chi connectivity index (χ2v) is 6.41. The minimum absolute atomic E-state index is 0.0904. The first-order chi connectivity index (χ1) is 10.1. The third-order valence-corrected chi connectivity index (χ3v) is 4.93. The number of aromatic nitrogens is 1. The molecule has 1 aliphatic heterocycles. The maximum atomic E-state index is 12.8. The number of nitrogens with zero attached hydrogens (tertiary/aromatic N) is 3. The summed E-state index contributed by atoms with van der Waals surface area (Å²) in [7, 11) is 2.08. The van der Waals surface area contributed by atoms with Crippen LogP contribution in [0.4, 0.5) is 5.69 Å². The molecule has 110 valence electrons. The maximum absolute atomic E-state index is 12.8. The summed E-state index contributed by atoms with van der Waals surface area (Å²) in [4.78, 5) is 22.0. The Morgan fingerprint density at radius 2 is 2.14 bits per heavy atom. The Kier molecular flexibility index (Phi) is 3.68. The Morgan fingerprint density at radius 1 is 1.38 bits per heavy atom. The van der Waals surface area contributed by atoms with Gasteiger partial charge < -0.3 is 9.80 Å². The number of anilines is 1. The van der Waals surface area contributed by atoms with Crippen LogP contribution in [0.3, 0.4) is 0 Å². The Balaban J connectivity index is 1.96. The maximum Gasteiger partial charge on any atom is 0.266 e. The van der Waals surface area contributed by atoms with Gasteiger partial charge in [-0.05, 0) is 25.5 Å². The number of thiazole rings is 1. The van der Waals surface area contributed by atoms with Crippen molar-refractivity contribution < 1.29 is 4.79 Å². The minimum atomic E-state index is 0.0904. The van der Waals surface area contributed by atoms with Crippen LogP contribution in [0.2, 0.25) is 0 Å². The Morgan fingerprint density at radius 3 is 2.86 bits per heavy atom. The lowest BCUT2D eigenvalue weighted by atomic mass is 10.1. The number of carbonyl (C=O) groups excluding carboxylic acids is 1. The molecule has 1 aromatic carbocycles. The molecule has 5 heteroatoms. The van der Waals surface area contributed by atoms with Gasteiger partial charge in [0.1, 0.15) is 4.88 Å². The fraction of sp³-hybridized carbons (Fsp3) is 0.375. The van der Waals surface area contributed by atoms with Crippen molar-refractivity contribution in [2.75, 3.05) is 18.5 Å². The van der Waals surface area contributed by atoms with Crippen molar-refractivity contribution in [3.05, 3.63) is 45.9 Å². The molecule has 0 aliphatic carbocycles. The van der Waals surface area contributed by atoms with Crippen LogP contribution in [0.25, 0.3) is 0 Å². The average Bonchev–Trinajstić information content (AvgIpc) is 2.85. The number of aryl methyl sites for hydroxylation is 1. The SMILES string of the molecule is Cc1ncsc1C(=O)N1Cc2ccccc2N(C)C[C@H]1C. The van der Waals surface area contributed by atoms with Gasteiger partial charge in [0.05, 0.1) is 11.2 Å². The van der Waals surface area contributed by atoms with E-state index in [2.05, 4.69) is 36.0 Å². The van der Waals surface area contributed by atoms with Crippen molar-refractivity contribution in [3.63, 3.8) is 0 Å². The van der Waals surface area contributed by atoms with Crippen molar-refractivity contribution in [2.24, 2.45) is 0 Å². The van der Waals surface area contributed by atoms with Crippen molar-refractivity contribution in [1.82, 2.24) is 9.88 Å². The Hall–Kier alpha value is -1.88. The van der Waals surface area contributed by atoms with Crippen LogP contribution in [-0.2, 0) is 6.54 Å². The molecule has 0 radical (unpaired) electrons. The molecule has 1 aliphatic rings. The highest BCUT2D eigenvalue weighted by molar-refractivity contribution is 7.11. The molecule has 0 saturated carbocycles. The molecule has 3 rings (SSSR count). The molecule has 2 aromatic rings. The third kappa shape index (κ3) is 2.53. The van der Waals surface area contributed by atoms with E-state index in [1.165, 1.54) is 22.6 Å². The number of rotatable bonds is 1. The lowest BCUT2D eigenvalue weighted by Gasteiger charge is -2.28. The highest BCUT2D eigenvalue weighted by Crippen LogP contribution is 2.28. The zero-order valence-corrected chi connectivity index (χ0v) is 13.4. The number of benzene rings is 1. The van der Waals surface area contributed by atoms with Crippen LogP contribution in [-0.4, -0.2) is 35.4 Å². The summed E-state index contributed by atoms with van der Waals surface area (Å²) in [5.74, 6) is 0.0904. The lowest BCUT2D eigenvalue weighted by molar-refractivity contribution is 0.0691. The second-order valence-electron chi connectivity index (χ2n) is 5.56. The molecule has 4 nitrogen and oxygen atoms in total.